The second kappa shape index (κ2) is 7.41. The van der Waals surface area contributed by atoms with Gasteiger partial charge in [0.2, 0.25) is 0 Å². The molecule has 0 radical (unpaired) electrons. The van der Waals surface area contributed by atoms with Crippen LogP contribution in [-0.4, -0.2) is 48.6 Å². The van der Waals surface area contributed by atoms with Gasteiger partial charge in [-0.25, -0.2) is 0 Å². The first-order valence-electron chi connectivity index (χ1n) is 11.4. The Bertz CT molecular complexity index is 994. The van der Waals surface area contributed by atoms with E-state index in [1.807, 2.05) is 0 Å². The number of carbonyl (C=O) groups is 4. The van der Waals surface area contributed by atoms with Gasteiger partial charge >= 0.3 is 17.9 Å². The van der Waals surface area contributed by atoms with Gasteiger partial charge in [0.1, 0.15) is 18.3 Å². The molecule has 33 heavy (non-hydrogen) atoms. The average Bonchev–Trinajstić information content (AvgIpc) is 3.19. The minimum atomic E-state index is -1.18. The quantitative estimate of drug-likeness (QED) is 0.379. The molecule has 4 fully saturated rings. The molecule has 9 heteroatoms. The van der Waals surface area contributed by atoms with Crippen LogP contribution < -0.4 is 0 Å². The number of hydrogen-bond acceptors (Lipinski definition) is 9. The standard InChI is InChI=1S/C24H28O9/c1-13-19(27)20(32-15(3)26)24(12-30-14(2)25)18(5-4-7-22(24)11-31-22)23(13)9-17(33-21(23)28)16-6-8-29-10-16/h6,8,10,13,17-18,20H,4-5,7,9,11-12H2,1-3H3/t13-,17-,18+,20-,22-,23-,24+/m0/s1. The van der Waals surface area contributed by atoms with Crippen molar-refractivity contribution in [2.45, 2.75) is 64.3 Å². The molecule has 1 aromatic heterocycles. The summed E-state index contributed by atoms with van der Waals surface area (Å²) in [5, 5.41) is 0. The Hall–Kier alpha value is -2.68. The minimum Gasteiger partial charge on any atom is -0.472 e. The lowest BCUT2D eigenvalue weighted by Crippen LogP contribution is -2.71. The normalized spacial score (nSPS) is 41.5. The lowest BCUT2D eigenvalue weighted by atomic mass is 9.42. The zero-order chi connectivity index (χ0) is 23.6. The summed E-state index contributed by atoms with van der Waals surface area (Å²) < 4.78 is 28.2. The van der Waals surface area contributed by atoms with Crippen LogP contribution in [0.2, 0.25) is 0 Å². The molecule has 4 aliphatic rings. The number of cyclic esters (lactones) is 1. The molecule has 9 nitrogen and oxygen atoms in total. The van der Waals surface area contributed by atoms with Gasteiger partial charge in [0.25, 0.3) is 0 Å². The van der Waals surface area contributed by atoms with Gasteiger partial charge in [-0.15, -0.1) is 0 Å². The molecule has 0 unspecified atom stereocenters. The van der Waals surface area contributed by atoms with Crippen LogP contribution >= 0.6 is 0 Å². The van der Waals surface area contributed by atoms with Crippen molar-refractivity contribution in [1.82, 2.24) is 0 Å². The van der Waals surface area contributed by atoms with E-state index in [-0.39, 0.29) is 18.8 Å². The van der Waals surface area contributed by atoms with Crippen LogP contribution in [-0.2, 0) is 38.1 Å². The van der Waals surface area contributed by atoms with Gasteiger partial charge in [0, 0.05) is 31.7 Å². The minimum absolute atomic E-state index is 0.172. The number of rotatable bonds is 4. The number of esters is 3. The number of carbonyl (C=O) groups excluding carboxylic acids is 4. The molecule has 5 rings (SSSR count). The second-order valence-corrected chi connectivity index (χ2v) is 9.86. The van der Waals surface area contributed by atoms with Crippen LogP contribution in [0.1, 0.15) is 58.1 Å². The SMILES string of the molecule is CC(=O)OC[C@]12[C@H](CCC[C@]13CO3)[C@]1(C[C@@H](c3ccoc3)OC1=O)[C@@H](C)C(=O)[C@@H]2OC(C)=O. The summed E-state index contributed by atoms with van der Waals surface area (Å²) in [6.07, 6.45) is 3.59. The van der Waals surface area contributed by atoms with Gasteiger partial charge in [-0.2, -0.15) is 0 Å². The maximum Gasteiger partial charge on any atom is 0.313 e. The van der Waals surface area contributed by atoms with Crippen molar-refractivity contribution in [3.05, 3.63) is 24.2 Å². The molecule has 3 heterocycles. The van der Waals surface area contributed by atoms with Crippen molar-refractivity contribution in [3.63, 3.8) is 0 Å². The topological polar surface area (TPSA) is 122 Å². The lowest BCUT2D eigenvalue weighted by molar-refractivity contribution is -0.223. The summed E-state index contributed by atoms with van der Waals surface area (Å²) in [6.45, 7) is 4.42. The summed E-state index contributed by atoms with van der Waals surface area (Å²) in [6, 6.07) is 1.74. The van der Waals surface area contributed by atoms with Gasteiger partial charge in [-0.3, -0.25) is 19.2 Å². The number of epoxide rings is 1. The van der Waals surface area contributed by atoms with Crippen molar-refractivity contribution in [3.8, 4) is 0 Å². The molecular weight excluding hydrogens is 432 g/mol. The fraction of sp³-hybridized carbons (Fsp3) is 0.667. The Morgan fingerprint density at radius 1 is 1.21 bits per heavy atom. The Morgan fingerprint density at radius 2 is 1.97 bits per heavy atom. The number of furan rings is 1. The van der Waals surface area contributed by atoms with E-state index in [0.29, 0.717) is 19.4 Å². The molecular formula is C24H28O9. The fourth-order valence-electron chi connectivity index (χ4n) is 6.89. The Labute approximate surface area is 191 Å². The van der Waals surface area contributed by atoms with Crippen LogP contribution in [0.4, 0.5) is 0 Å². The van der Waals surface area contributed by atoms with Crippen LogP contribution in [0, 0.1) is 22.7 Å². The third-order valence-corrected chi connectivity index (χ3v) is 8.45. The van der Waals surface area contributed by atoms with E-state index >= 15 is 0 Å². The predicted molar refractivity (Wildman–Crippen MR) is 109 cm³/mol. The molecule has 2 aliphatic heterocycles. The second-order valence-electron chi connectivity index (χ2n) is 9.86. The van der Waals surface area contributed by atoms with E-state index in [1.54, 1.807) is 13.0 Å². The molecule has 1 aromatic rings. The summed E-state index contributed by atoms with van der Waals surface area (Å²) in [4.78, 5) is 51.5. The smallest absolute Gasteiger partial charge is 0.313 e. The molecule has 0 N–H and O–H groups in total. The Kier molecular flexibility index (Phi) is 4.97. The number of ketones is 1. The third kappa shape index (κ3) is 2.94. The first kappa shape index (κ1) is 22.1. The largest absolute Gasteiger partial charge is 0.472 e. The van der Waals surface area contributed by atoms with Gasteiger partial charge in [-0.1, -0.05) is 13.3 Å². The van der Waals surface area contributed by atoms with E-state index in [4.69, 9.17) is 23.4 Å². The van der Waals surface area contributed by atoms with Crippen LogP contribution in [0.15, 0.2) is 23.0 Å². The maximum absolute atomic E-state index is 13.9. The van der Waals surface area contributed by atoms with Gasteiger partial charge < -0.3 is 23.4 Å². The molecule has 2 spiro atoms. The first-order valence-corrected chi connectivity index (χ1v) is 11.4. The van der Waals surface area contributed by atoms with Crippen molar-refractivity contribution in [1.29, 1.82) is 0 Å². The van der Waals surface area contributed by atoms with E-state index in [0.717, 1.165) is 12.0 Å². The van der Waals surface area contributed by atoms with Crippen molar-refractivity contribution >= 4 is 23.7 Å². The maximum atomic E-state index is 13.9. The fourth-order valence-corrected chi connectivity index (χ4v) is 6.89. The summed E-state index contributed by atoms with van der Waals surface area (Å²) in [5.41, 5.74) is -2.41. The summed E-state index contributed by atoms with van der Waals surface area (Å²) in [5.74, 6) is -3.14. The molecule has 2 saturated carbocycles. The number of Topliss-reactive ketones (excluding diaryl/α,β-unsaturated/α-hetero) is 1. The van der Waals surface area contributed by atoms with Crippen LogP contribution in [0.25, 0.3) is 0 Å². The zero-order valence-electron chi connectivity index (χ0n) is 19.0. The van der Waals surface area contributed by atoms with Gasteiger partial charge in [0.15, 0.2) is 11.9 Å². The van der Waals surface area contributed by atoms with Gasteiger partial charge in [-0.05, 0) is 24.8 Å². The predicted octanol–water partition coefficient (Wildman–Crippen LogP) is 2.52. The highest BCUT2D eigenvalue weighted by Gasteiger charge is 2.80. The van der Waals surface area contributed by atoms with E-state index in [2.05, 4.69) is 0 Å². The van der Waals surface area contributed by atoms with Crippen molar-refractivity contribution in [2.24, 2.45) is 22.7 Å². The monoisotopic (exact) mass is 460 g/mol. The van der Waals surface area contributed by atoms with E-state index in [9.17, 15) is 19.2 Å². The van der Waals surface area contributed by atoms with Crippen LogP contribution in [0.3, 0.4) is 0 Å². The molecule has 0 aromatic carbocycles. The Balaban J connectivity index is 1.67. The highest BCUT2D eigenvalue weighted by molar-refractivity contribution is 5.96. The van der Waals surface area contributed by atoms with Crippen molar-refractivity contribution in [2.75, 3.05) is 13.2 Å². The van der Waals surface area contributed by atoms with E-state index in [1.165, 1.54) is 26.4 Å². The third-order valence-electron chi connectivity index (χ3n) is 8.45. The first-order chi connectivity index (χ1) is 15.7. The van der Waals surface area contributed by atoms with Gasteiger partial charge in [0.05, 0.1) is 30.0 Å². The molecule has 0 bridgehead atoms. The molecule has 2 saturated heterocycles. The van der Waals surface area contributed by atoms with E-state index < -0.39 is 58.4 Å². The number of fused-ring (bicyclic) bond motifs is 3. The molecule has 178 valence electrons. The summed E-state index contributed by atoms with van der Waals surface area (Å²) >= 11 is 0. The van der Waals surface area contributed by atoms with Crippen LogP contribution in [0.5, 0.6) is 0 Å². The van der Waals surface area contributed by atoms with Crippen molar-refractivity contribution < 1.29 is 42.5 Å². The molecule has 2 aliphatic carbocycles. The zero-order valence-corrected chi connectivity index (χ0v) is 19.0. The highest BCUT2D eigenvalue weighted by atomic mass is 16.6. The molecule has 0 amide bonds. The lowest BCUT2D eigenvalue weighted by Gasteiger charge is -2.60. The molecule has 7 atom stereocenters. The highest BCUT2D eigenvalue weighted by Crippen LogP contribution is 2.70. The Morgan fingerprint density at radius 3 is 2.58 bits per heavy atom. The number of hydrogen-bond donors (Lipinski definition) is 0. The summed E-state index contributed by atoms with van der Waals surface area (Å²) in [7, 11) is 0. The average molecular weight is 460 g/mol. The number of ether oxygens (including phenoxy) is 4.